The van der Waals surface area contributed by atoms with Crippen LogP contribution in [0.3, 0.4) is 0 Å². The van der Waals surface area contributed by atoms with Crippen LogP contribution in [-0.2, 0) is 0 Å². The van der Waals surface area contributed by atoms with Gasteiger partial charge in [-0.25, -0.2) is 4.98 Å². The number of rotatable bonds is 6. The average molecular weight is 431 g/mol. The van der Waals surface area contributed by atoms with E-state index in [0.717, 1.165) is 38.8 Å². The van der Waals surface area contributed by atoms with Crippen molar-refractivity contribution in [1.29, 1.82) is 0 Å². The van der Waals surface area contributed by atoms with Crippen molar-refractivity contribution in [3.05, 3.63) is 83.9 Å². The third-order valence-electron chi connectivity index (χ3n) is 4.84. The van der Waals surface area contributed by atoms with Crippen LogP contribution >= 0.6 is 11.3 Å². The minimum atomic E-state index is -0.181. The highest BCUT2D eigenvalue weighted by molar-refractivity contribution is 7.19. The van der Waals surface area contributed by atoms with E-state index in [-0.39, 0.29) is 5.91 Å². The van der Waals surface area contributed by atoms with Gasteiger partial charge in [0.1, 0.15) is 11.5 Å². The molecule has 0 aliphatic carbocycles. The molecule has 156 valence electrons. The van der Waals surface area contributed by atoms with Gasteiger partial charge in [0, 0.05) is 11.1 Å². The molecule has 0 aliphatic heterocycles. The van der Waals surface area contributed by atoms with Crippen LogP contribution in [0, 0.1) is 6.92 Å². The zero-order chi connectivity index (χ0) is 21.8. The Morgan fingerprint density at radius 1 is 0.871 bits per heavy atom. The molecule has 0 unspecified atom stereocenters. The van der Waals surface area contributed by atoms with Crippen LogP contribution in [0.5, 0.6) is 11.5 Å². The van der Waals surface area contributed by atoms with E-state index in [1.54, 1.807) is 20.3 Å². The summed E-state index contributed by atoms with van der Waals surface area (Å²) in [4.78, 5) is 18.5. The molecule has 4 rings (SSSR count). The van der Waals surface area contributed by atoms with Crippen molar-refractivity contribution in [3.63, 3.8) is 0 Å². The maximum absolute atomic E-state index is 12.7. The first-order valence-electron chi connectivity index (χ1n) is 9.75. The van der Waals surface area contributed by atoms with Crippen molar-refractivity contribution >= 4 is 22.4 Å². The van der Waals surface area contributed by atoms with Crippen LogP contribution in [0.25, 0.3) is 21.7 Å². The highest BCUT2D eigenvalue weighted by atomic mass is 32.1. The molecule has 31 heavy (non-hydrogen) atoms. The van der Waals surface area contributed by atoms with Gasteiger partial charge in [-0.1, -0.05) is 29.0 Å². The monoisotopic (exact) mass is 430 g/mol. The molecular weight excluding hydrogens is 408 g/mol. The van der Waals surface area contributed by atoms with E-state index in [1.807, 2.05) is 73.7 Å². The summed E-state index contributed by atoms with van der Waals surface area (Å²) in [5, 5.41) is 3.49. The Balaban J connectivity index is 1.72. The topological polar surface area (TPSA) is 60.5 Å². The second-order valence-electron chi connectivity index (χ2n) is 6.98. The summed E-state index contributed by atoms with van der Waals surface area (Å²) in [6, 6.07) is 23.0. The van der Waals surface area contributed by atoms with Crippen LogP contribution in [-0.4, -0.2) is 25.1 Å². The van der Waals surface area contributed by atoms with Crippen LogP contribution in [0.2, 0.25) is 0 Å². The lowest BCUT2D eigenvalue weighted by molar-refractivity contribution is 0.102. The molecule has 1 aromatic heterocycles. The summed E-state index contributed by atoms with van der Waals surface area (Å²) in [6.07, 6.45) is 0. The summed E-state index contributed by atoms with van der Waals surface area (Å²) in [7, 11) is 3.28. The van der Waals surface area contributed by atoms with E-state index in [2.05, 4.69) is 5.32 Å². The lowest BCUT2D eigenvalue weighted by Gasteiger charge is -2.05. The van der Waals surface area contributed by atoms with Gasteiger partial charge in [0.2, 0.25) is 0 Å². The summed E-state index contributed by atoms with van der Waals surface area (Å²) < 4.78 is 10.6. The Bertz CT molecular complexity index is 1130. The first-order chi connectivity index (χ1) is 15.1. The fraction of sp³-hybridized carbons (Fsp3) is 0.120. The molecular formula is C25H22N2O3S. The second kappa shape index (κ2) is 9.02. The van der Waals surface area contributed by atoms with Gasteiger partial charge in [-0.3, -0.25) is 10.1 Å². The number of carbonyl (C=O) groups is 1. The smallest absolute Gasteiger partial charge is 0.257 e. The zero-order valence-corrected chi connectivity index (χ0v) is 18.3. The molecule has 0 spiro atoms. The maximum atomic E-state index is 12.7. The standard InChI is InChI=1S/C25H22N2O3S/c1-16-5-4-6-19(15-16)24(28)27-25-26-22(17-7-11-20(29-2)12-8-17)23(31-25)18-9-13-21(30-3)14-10-18/h4-15H,1-3H3,(H,26,27,28). The molecule has 6 heteroatoms. The number of benzene rings is 3. The van der Waals surface area contributed by atoms with Gasteiger partial charge in [-0.15, -0.1) is 0 Å². The fourth-order valence-electron chi connectivity index (χ4n) is 3.21. The molecule has 1 heterocycles. The Labute approximate surface area is 185 Å². The van der Waals surface area contributed by atoms with Crippen molar-refractivity contribution in [1.82, 2.24) is 4.98 Å². The van der Waals surface area contributed by atoms with E-state index in [0.29, 0.717) is 10.7 Å². The quantitative estimate of drug-likeness (QED) is 0.404. The van der Waals surface area contributed by atoms with E-state index >= 15 is 0 Å². The number of amides is 1. The van der Waals surface area contributed by atoms with E-state index in [1.165, 1.54) is 11.3 Å². The van der Waals surface area contributed by atoms with Crippen LogP contribution in [0.4, 0.5) is 5.13 Å². The predicted molar refractivity (Wildman–Crippen MR) is 125 cm³/mol. The summed E-state index contributed by atoms with van der Waals surface area (Å²) >= 11 is 1.44. The Morgan fingerprint density at radius 2 is 1.48 bits per heavy atom. The van der Waals surface area contributed by atoms with Crippen LogP contribution in [0.15, 0.2) is 72.8 Å². The van der Waals surface area contributed by atoms with Crippen molar-refractivity contribution < 1.29 is 14.3 Å². The molecule has 0 fully saturated rings. The van der Waals surface area contributed by atoms with E-state index in [9.17, 15) is 4.79 Å². The maximum Gasteiger partial charge on any atom is 0.257 e. The SMILES string of the molecule is COc1ccc(-c2nc(NC(=O)c3cccc(C)c3)sc2-c2ccc(OC)cc2)cc1. The first-order valence-corrected chi connectivity index (χ1v) is 10.6. The number of nitrogens with zero attached hydrogens (tertiary/aromatic N) is 1. The minimum absolute atomic E-state index is 0.181. The van der Waals surface area contributed by atoms with Gasteiger partial charge in [0.05, 0.1) is 24.8 Å². The Kier molecular flexibility index (Phi) is 6.00. The number of anilines is 1. The average Bonchev–Trinajstić information content (AvgIpc) is 3.23. The summed E-state index contributed by atoms with van der Waals surface area (Å²) in [5.74, 6) is 1.38. The normalized spacial score (nSPS) is 10.5. The molecule has 0 atom stereocenters. The van der Waals surface area contributed by atoms with Gasteiger partial charge in [-0.2, -0.15) is 0 Å². The van der Waals surface area contributed by atoms with Crippen molar-refractivity contribution in [2.24, 2.45) is 0 Å². The van der Waals surface area contributed by atoms with E-state index < -0.39 is 0 Å². The zero-order valence-electron chi connectivity index (χ0n) is 17.5. The van der Waals surface area contributed by atoms with Crippen molar-refractivity contribution in [2.75, 3.05) is 19.5 Å². The largest absolute Gasteiger partial charge is 0.497 e. The molecule has 1 amide bonds. The molecule has 0 saturated heterocycles. The Hall–Kier alpha value is -3.64. The highest BCUT2D eigenvalue weighted by Crippen LogP contribution is 2.40. The van der Waals surface area contributed by atoms with Gasteiger partial charge in [0.15, 0.2) is 5.13 Å². The fourth-order valence-corrected chi connectivity index (χ4v) is 4.20. The molecule has 0 aliphatic rings. The molecule has 4 aromatic rings. The Morgan fingerprint density at radius 3 is 2.06 bits per heavy atom. The van der Waals surface area contributed by atoms with E-state index in [4.69, 9.17) is 14.5 Å². The second-order valence-corrected chi connectivity index (χ2v) is 7.98. The number of thiazole rings is 1. The van der Waals surface area contributed by atoms with Gasteiger partial charge in [-0.05, 0) is 73.2 Å². The van der Waals surface area contributed by atoms with Crippen LogP contribution in [0.1, 0.15) is 15.9 Å². The number of aromatic nitrogens is 1. The van der Waals surface area contributed by atoms with Crippen LogP contribution < -0.4 is 14.8 Å². The third kappa shape index (κ3) is 4.59. The number of methoxy groups -OCH3 is 2. The van der Waals surface area contributed by atoms with Crippen molar-refractivity contribution in [3.8, 4) is 33.2 Å². The number of hydrogen-bond acceptors (Lipinski definition) is 5. The minimum Gasteiger partial charge on any atom is -0.497 e. The summed E-state index contributed by atoms with van der Waals surface area (Å²) in [6.45, 7) is 1.96. The van der Waals surface area contributed by atoms with Gasteiger partial charge in [0.25, 0.3) is 5.91 Å². The highest BCUT2D eigenvalue weighted by Gasteiger charge is 2.17. The number of ether oxygens (including phenoxy) is 2. The molecule has 3 aromatic carbocycles. The number of hydrogen-bond donors (Lipinski definition) is 1. The molecule has 0 radical (unpaired) electrons. The third-order valence-corrected chi connectivity index (χ3v) is 5.86. The lowest BCUT2D eigenvalue weighted by atomic mass is 10.1. The predicted octanol–water partition coefficient (Wildman–Crippen LogP) is 6.06. The lowest BCUT2D eigenvalue weighted by Crippen LogP contribution is -2.11. The van der Waals surface area contributed by atoms with Gasteiger partial charge >= 0.3 is 0 Å². The van der Waals surface area contributed by atoms with Gasteiger partial charge < -0.3 is 9.47 Å². The number of carbonyl (C=O) groups excluding carboxylic acids is 1. The molecule has 0 bridgehead atoms. The number of aryl methyl sites for hydroxylation is 1. The molecule has 1 N–H and O–H groups in total. The molecule has 5 nitrogen and oxygen atoms in total. The molecule has 0 saturated carbocycles. The number of nitrogens with one attached hydrogen (secondary N) is 1. The van der Waals surface area contributed by atoms with Crippen molar-refractivity contribution in [2.45, 2.75) is 6.92 Å². The summed E-state index contributed by atoms with van der Waals surface area (Å²) in [5.41, 5.74) is 4.38. The first kappa shape index (κ1) is 20.6.